The van der Waals surface area contributed by atoms with Crippen molar-refractivity contribution in [3.63, 3.8) is 0 Å². The number of nitrogens with one attached hydrogen (secondary N) is 1. The number of hydrazone groups is 1. The summed E-state index contributed by atoms with van der Waals surface area (Å²) in [7, 11) is 1.36. The first kappa shape index (κ1) is 21.9. The topological polar surface area (TPSA) is 109 Å². The van der Waals surface area contributed by atoms with Crippen LogP contribution >= 0.6 is 0 Å². The Morgan fingerprint density at radius 1 is 0.971 bits per heavy atom. The summed E-state index contributed by atoms with van der Waals surface area (Å²) in [6, 6.07) is 10.7. The van der Waals surface area contributed by atoms with E-state index in [2.05, 4.69) is 30.3 Å². The third-order valence-electron chi connectivity index (χ3n) is 5.97. The number of carbonyl (C=O) groups is 1. The molecular weight excluding hydrogens is 434 g/mol. The van der Waals surface area contributed by atoms with Crippen LogP contribution in [0.2, 0.25) is 0 Å². The zero-order valence-electron chi connectivity index (χ0n) is 19.1. The average Bonchev–Trinajstić information content (AvgIpc) is 3.66. The van der Waals surface area contributed by atoms with Crippen LogP contribution in [0.15, 0.2) is 45.9 Å². The first-order valence-electron chi connectivity index (χ1n) is 11.5. The highest BCUT2D eigenvalue weighted by Gasteiger charge is 2.21. The minimum Gasteiger partial charge on any atom is -0.465 e. The van der Waals surface area contributed by atoms with E-state index >= 15 is 0 Å². The van der Waals surface area contributed by atoms with Gasteiger partial charge in [-0.25, -0.2) is 10.2 Å². The van der Waals surface area contributed by atoms with Crippen LogP contribution in [-0.4, -0.2) is 60.4 Å². The minimum absolute atomic E-state index is 0.401. The van der Waals surface area contributed by atoms with Gasteiger partial charge in [0, 0.05) is 31.7 Å². The lowest BCUT2D eigenvalue weighted by molar-refractivity contribution is 0.0601. The third-order valence-corrected chi connectivity index (χ3v) is 5.97. The van der Waals surface area contributed by atoms with Crippen molar-refractivity contribution in [2.45, 2.75) is 25.7 Å². The summed E-state index contributed by atoms with van der Waals surface area (Å²) in [6.07, 6.45) is 6.13. The van der Waals surface area contributed by atoms with E-state index in [9.17, 15) is 4.79 Å². The van der Waals surface area contributed by atoms with Gasteiger partial charge in [0.25, 0.3) is 0 Å². The second kappa shape index (κ2) is 9.90. The summed E-state index contributed by atoms with van der Waals surface area (Å²) < 4.78 is 10.8. The Morgan fingerprint density at radius 3 is 2.26 bits per heavy atom. The molecule has 2 aromatic heterocycles. The Balaban J connectivity index is 1.34. The van der Waals surface area contributed by atoms with Crippen molar-refractivity contribution in [3.05, 3.63) is 47.7 Å². The molecule has 4 heterocycles. The lowest BCUT2D eigenvalue weighted by atomic mass is 10.1. The van der Waals surface area contributed by atoms with E-state index in [1.165, 1.54) is 7.11 Å². The third kappa shape index (κ3) is 4.70. The molecule has 1 N–H and O–H groups in total. The molecule has 10 nitrogen and oxygen atoms in total. The first-order valence-corrected chi connectivity index (χ1v) is 11.5. The normalized spacial score (nSPS) is 15.9. The van der Waals surface area contributed by atoms with E-state index in [-0.39, 0.29) is 0 Å². The number of benzene rings is 1. The SMILES string of the molecule is COC(=O)c1ccccc1-c1ccc(/C=N\Nc2nc(N3CCCC3)nc(N3CCCC3)n2)o1. The highest BCUT2D eigenvalue weighted by molar-refractivity contribution is 5.96. The van der Waals surface area contributed by atoms with Gasteiger partial charge in [0.2, 0.25) is 17.8 Å². The molecule has 2 aliphatic heterocycles. The van der Waals surface area contributed by atoms with Crippen LogP contribution in [0.25, 0.3) is 11.3 Å². The molecule has 0 bridgehead atoms. The molecule has 0 spiro atoms. The van der Waals surface area contributed by atoms with Crippen molar-refractivity contribution >= 4 is 30.0 Å². The van der Waals surface area contributed by atoms with Crippen molar-refractivity contribution in [3.8, 4) is 11.3 Å². The molecule has 0 saturated carbocycles. The van der Waals surface area contributed by atoms with Crippen molar-refractivity contribution in [1.82, 2.24) is 15.0 Å². The molecule has 2 fully saturated rings. The molecule has 3 aromatic rings. The molecule has 2 aliphatic rings. The maximum atomic E-state index is 12.1. The zero-order valence-corrected chi connectivity index (χ0v) is 19.1. The largest absolute Gasteiger partial charge is 0.465 e. The maximum Gasteiger partial charge on any atom is 0.338 e. The lowest BCUT2D eigenvalue weighted by Crippen LogP contribution is -2.25. The number of methoxy groups -OCH3 is 1. The lowest BCUT2D eigenvalue weighted by Gasteiger charge is -2.20. The minimum atomic E-state index is -0.415. The summed E-state index contributed by atoms with van der Waals surface area (Å²) >= 11 is 0. The van der Waals surface area contributed by atoms with Gasteiger partial charge in [0.1, 0.15) is 11.5 Å². The average molecular weight is 462 g/mol. The van der Waals surface area contributed by atoms with Crippen molar-refractivity contribution in [1.29, 1.82) is 0 Å². The number of carbonyl (C=O) groups excluding carboxylic acids is 1. The van der Waals surface area contributed by atoms with E-state index in [4.69, 9.17) is 14.1 Å². The predicted octanol–water partition coefficient (Wildman–Crippen LogP) is 3.56. The highest BCUT2D eigenvalue weighted by Crippen LogP contribution is 2.26. The molecular formula is C24H27N7O3. The fourth-order valence-corrected chi connectivity index (χ4v) is 4.23. The Bertz CT molecular complexity index is 1150. The smallest absolute Gasteiger partial charge is 0.338 e. The number of furan rings is 1. The number of esters is 1. The van der Waals surface area contributed by atoms with Crippen molar-refractivity contribution in [2.24, 2.45) is 5.10 Å². The molecule has 176 valence electrons. The standard InChI is InChI=1S/C24H27N7O3/c1-33-21(32)19-9-3-2-8-18(19)20-11-10-17(34-20)16-25-29-22-26-23(30-12-4-5-13-30)28-24(27-22)31-14-6-7-15-31/h2-3,8-11,16H,4-7,12-15H2,1H3,(H,26,27,28,29)/b25-16-. The van der Waals surface area contributed by atoms with Crippen LogP contribution in [0.5, 0.6) is 0 Å². The van der Waals surface area contributed by atoms with Gasteiger partial charge in [-0.2, -0.15) is 20.1 Å². The van der Waals surface area contributed by atoms with Gasteiger partial charge in [0.05, 0.1) is 18.9 Å². The van der Waals surface area contributed by atoms with Crippen LogP contribution in [0.4, 0.5) is 17.8 Å². The second-order valence-electron chi connectivity index (χ2n) is 8.26. The van der Waals surface area contributed by atoms with Gasteiger partial charge >= 0.3 is 5.97 Å². The van der Waals surface area contributed by atoms with E-state index in [0.29, 0.717) is 40.5 Å². The Morgan fingerprint density at radius 2 is 1.62 bits per heavy atom. The number of anilines is 3. The molecule has 0 radical (unpaired) electrons. The molecule has 0 atom stereocenters. The number of rotatable bonds is 7. The van der Waals surface area contributed by atoms with Gasteiger partial charge < -0.3 is 19.0 Å². The van der Waals surface area contributed by atoms with E-state index in [0.717, 1.165) is 51.9 Å². The number of hydrogen-bond donors (Lipinski definition) is 1. The predicted molar refractivity (Wildman–Crippen MR) is 129 cm³/mol. The summed E-state index contributed by atoms with van der Waals surface area (Å²) in [6.45, 7) is 3.81. The van der Waals surface area contributed by atoms with Gasteiger partial charge in [0.15, 0.2) is 0 Å². The number of ether oxygens (including phenoxy) is 1. The van der Waals surface area contributed by atoms with Crippen LogP contribution in [0.3, 0.4) is 0 Å². The van der Waals surface area contributed by atoms with Crippen molar-refractivity contribution in [2.75, 3.05) is 48.5 Å². The number of nitrogens with zero attached hydrogens (tertiary/aromatic N) is 6. The maximum absolute atomic E-state index is 12.1. The Labute approximate surface area is 197 Å². The summed E-state index contributed by atoms with van der Waals surface area (Å²) in [5.74, 6) is 2.43. The number of aromatic nitrogens is 3. The van der Waals surface area contributed by atoms with Gasteiger partial charge in [-0.05, 0) is 43.9 Å². The van der Waals surface area contributed by atoms with Crippen molar-refractivity contribution < 1.29 is 13.9 Å². The summed E-state index contributed by atoms with van der Waals surface area (Å²) in [4.78, 5) is 30.3. The fourth-order valence-electron chi connectivity index (χ4n) is 4.23. The molecule has 0 aliphatic carbocycles. The monoisotopic (exact) mass is 461 g/mol. The molecule has 10 heteroatoms. The van der Waals surface area contributed by atoms with Crippen LogP contribution in [0, 0.1) is 0 Å². The van der Waals surface area contributed by atoms with Crippen LogP contribution in [0.1, 0.15) is 41.8 Å². The molecule has 5 rings (SSSR count). The van der Waals surface area contributed by atoms with E-state index < -0.39 is 5.97 Å². The van der Waals surface area contributed by atoms with Gasteiger partial charge in [-0.15, -0.1) is 0 Å². The van der Waals surface area contributed by atoms with Crippen LogP contribution < -0.4 is 15.2 Å². The first-order chi connectivity index (χ1) is 16.7. The Kier molecular flexibility index (Phi) is 6.37. The van der Waals surface area contributed by atoms with E-state index in [1.807, 2.05) is 12.1 Å². The zero-order chi connectivity index (χ0) is 23.3. The van der Waals surface area contributed by atoms with E-state index in [1.54, 1.807) is 30.5 Å². The molecule has 0 amide bonds. The molecule has 0 unspecified atom stereocenters. The molecule has 1 aromatic carbocycles. The van der Waals surface area contributed by atoms with Crippen LogP contribution in [-0.2, 0) is 4.74 Å². The van der Waals surface area contributed by atoms with Gasteiger partial charge in [-0.1, -0.05) is 18.2 Å². The van der Waals surface area contributed by atoms with Gasteiger partial charge in [-0.3, -0.25) is 0 Å². The molecule has 34 heavy (non-hydrogen) atoms. The quantitative estimate of drug-likeness (QED) is 0.321. The highest BCUT2D eigenvalue weighted by atomic mass is 16.5. The number of hydrogen-bond acceptors (Lipinski definition) is 10. The second-order valence-corrected chi connectivity index (χ2v) is 8.26. The Hall–Kier alpha value is -3.95. The fraction of sp³-hybridized carbons (Fsp3) is 0.375. The summed E-state index contributed by atoms with van der Waals surface area (Å²) in [5, 5.41) is 4.28. The molecule has 2 saturated heterocycles. The summed E-state index contributed by atoms with van der Waals surface area (Å²) in [5.41, 5.74) is 4.03.